The van der Waals surface area contributed by atoms with Crippen LogP contribution >= 0.6 is 35.4 Å². The first-order chi connectivity index (χ1) is 18.4. The predicted octanol–water partition coefficient (Wildman–Crippen LogP) is 6.02. The van der Waals surface area contributed by atoms with Gasteiger partial charge in [-0.2, -0.15) is 0 Å². The quantitative estimate of drug-likeness (QED) is 0.172. The molecular formula is C28H34Cl2N2O5S2. The molecule has 2 N–H and O–H groups in total. The molecule has 2 aromatic rings. The van der Waals surface area contributed by atoms with Crippen LogP contribution in [0, 0.1) is 5.41 Å². The van der Waals surface area contributed by atoms with Gasteiger partial charge in [-0.15, -0.1) is 0 Å². The number of hydrogen-bond donors (Lipinski definition) is 2. The molecule has 1 atom stereocenters. The van der Waals surface area contributed by atoms with E-state index in [1.54, 1.807) is 30.3 Å². The van der Waals surface area contributed by atoms with Crippen LogP contribution < -0.4 is 10.6 Å². The van der Waals surface area contributed by atoms with Gasteiger partial charge in [0.15, 0.2) is 0 Å². The number of anilines is 1. The summed E-state index contributed by atoms with van der Waals surface area (Å²) in [6, 6.07) is 11.3. The Kier molecular flexibility index (Phi) is 11.2. The normalized spacial score (nSPS) is 15.4. The molecule has 0 unspecified atom stereocenters. The molecule has 1 saturated carbocycles. The second-order valence-corrected chi connectivity index (χ2v) is 13.6. The van der Waals surface area contributed by atoms with Gasteiger partial charge in [-0.05, 0) is 55.5 Å². The van der Waals surface area contributed by atoms with Crippen LogP contribution in [-0.4, -0.2) is 50.4 Å². The number of hydrogen-bond acceptors (Lipinski definition) is 6. The largest absolute Gasteiger partial charge is 0.467 e. The minimum Gasteiger partial charge on any atom is -0.467 e. The van der Waals surface area contributed by atoms with Gasteiger partial charge in [0.25, 0.3) is 5.91 Å². The van der Waals surface area contributed by atoms with E-state index >= 15 is 0 Å². The average molecular weight is 614 g/mol. The van der Waals surface area contributed by atoms with E-state index in [1.165, 1.54) is 13.4 Å². The molecule has 0 radical (unpaired) electrons. The lowest BCUT2D eigenvalue weighted by molar-refractivity contribution is -0.142. The molecule has 1 amide bonds. The highest BCUT2D eigenvalue weighted by atomic mass is 35.5. The summed E-state index contributed by atoms with van der Waals surface area (Å²) >= 11 is 18.1. The van der Waals surface area contributed by atoms with Crippen molar-refractivity contribution < 1.29 is 22.7 Å². The van der Waals surface area contributed by atoms with Crippen molar-refractivity contribution in [3.05, 3.63) is 63.6 Å². The van der Waals surface area contributed by atoms with Gasteiger partial charge in [0.1, 0.15) is 15.9 Å². The summed E-state index contributed by atoms with van der Waals surface area (Å²) in [5.74, 6) is -0.680. The van der Waals surface area contributed by atoms with E-state index in [9.17, 15) is 18.0 Å². The number of benzene rings is 2. The molecule has 1 fully saturated rings. The smallest absolute Gasteiger partial charge is 0.328 e. The lowest BCUT2D eigenvalue weighted by Gasteiger charge is -2.33. The van der Waals surface area contributed by atoms with Crippen molar-refractivity contribution in [2.75, 3.05) is 24.4 Å². The Labute approximate surface area is 245 Å². The topological polar surface area (TPSA) is 102 Å². The van der Waals surface area contributed by atoms with Crippen LogP contribution in [0.3, 0.4) is 0 Å². The summed E-state index contributed by atoms with van der Waals surface area (Å²) < 4.78 is 28.1. The summed E-state index contributed by atoms with van der Waals surface area (Å²) in [5, 5.41) is 6.58. The van der Waals surface area contributed by atoms with E-state index < -0.39 is 27.8 Å². The number of unbranched alkanes of at least 4 members (excludes halogenated alkanes) is 1. The van der Waals surface area contributed by atoms with E-state index in [1.807, 2.05) is 12.1 Å². The van der Waals surface area contributed by atoms with Crippen molar-refractivity contribution in [1.82, 2.24) is 5.32 Å². The van der Waals surface area contributed by atoms with Gasteiger partial charge < -0.3 is 15.4 Å². The van der Waals surface area contributed by atoms with Crippen molar-refractivity contribution in [3.63, 3.8) is 0 Å². The highest BCUT2D eigenvalue weighted by Crippen LogP contribution is 2.43. The van der Waals surface area contributed by atoms with E-state index in [-0.39, 0.29) is 26.8 Å². The summed E-state index contributed by atoms with van der Waals surface area (Å²) in [5.41, 5.74) is 1.36. The molecule has 0 heterocycles. The third kappa shape index (κ3) is 8.90. The number of carbonyl (C=O) groups excluding carboxylic acids is 2. The van der Waals surface area contributed by atoms with Crippen LogP contribution in [-0.2, 0) is 25.8 Å². The zero-order valence-electron chi connectivity index (χ0n) is 22.1. The molecule has 2 aromatic carbocycles. The maximum Gasteiger partial charge on any atom is 0.328 e. The first-order valence-electron chi connectivity index (χ1n) is 12.8. The first kappa shape index (κ1) is 31.3. The number of carbonyl (C=O) groups is 2. The molecule has 0 spiro atoms. The van der Waals surface area contributed by atoms with Crippen molar-refractivity contribution in [2.45, 2.75) is 57.4 Å². The Morgan fingerprint density at radius 3 is 2.23 bits per heavy atom. The number of rotatable bonds is 12. The number of methoxy groups -OCH3 is 1. The number of thiocarbonyl (C=S) groups is 1. The number of amides is 1. The molecule has 39 heavy (non-hydrogen) atoms. The third-order valence-electron chi connectivity index (χ3n) is 7.10. The fourth-order valence-electron chi connectivity index (χ4n) is 4.99. The van der Waals surface area contributed by atoms with Crippen LogP contribution in [0.4, 0.5) is 5.69 Å². The second kappa shape index (κ2) is 13.9. The maximum atomic E-state index is 12.7. The van der Waals surface area contributed by atoms with Crippen LogP contribution in [0.25, 0.3) is 0 Å². The fourth-order valence-corrected chi connectivity index (χ4v) is 6.73. The van der Waals surface area contributed by atoms with E-state index in [0.717, 1.165) is 44.1 Å². The second-order valence-electron chi connectivity index (χ2n) is 10.1. The third-order valence-corrected chi connectivity index (χ3v) is 9.31. The van der Waals surface area contributed by atoms with Crippen LogP contribution in [0.5, 0.6) is 0 Å². The Bertz CT molecular complexity index is 1270. The van der Waals surface area contributed by atoms with Gasteiger partial charge in [-0.25, -0.2) is 13.2 Å². The molecule has 0 saturated heterocycles. The molecule has 0 aliphatic heterocycles. The van der Waals surface area contributed by atoms with Gasteiger partial charge in [0.05, 0.1) is 27.7 Å². The molecule has 1 aliphatic rings. The highest BCUT2D eigenvalue weighted by molar-refractivity contribution is 7.90. The van der Waals surface area contributed by atoms with Crippen LogP contribution in [0.15, 0.2) is 42.5 Å². The van der Waals surface area contributed by atoms with Crippen LogP contribution in [0.2, 0.25) is 10.0 Å². The van der Waals surface area contributed by atoms with E-state index in [4.69, 9.17) is 40.2 Å². The van der Waals surface area contributed by atoms with Crippen molar-refractivity contribution in [3.8, 4) is 0 Å². The predicted molar refractivity (Wildman–Crippen MR) is 161 cm³/mol. The summed E-state index contributed by atoms with van der Waals surface area (Å²) in [6.45, 7) is 0. The Morgan fingerprint density at radius 1 is 1.05 bits per heavy atom. The molecule has 11 heteroatoms. The van der Waals surface area contributed by atoms with Gasteiger partial charge in [-0.1, -0.05) is 72.9 Å². The lowest BCUT2D eigenvalue weighted by atomic mass is 9.80. The molecule has 212 valence electrons. The van der Waals surface area contributed by atoms with Gasteiger partial charge in [0.2, 0.25) is 0 Å². The minimum atomic E-state index is -3.00. The monoisotopic (exact) mass is 612 g/mol. The van der Waals surface area contributed by atoms with Gasteiger partial charge in [-0.3, -0.25) is 4.79 Å². The van der Waals surface area contributed by atoms with Crippen molar-refractivity contribution in [2.24, 2.45) is 5.41 Å². The number of ether oxygens (including phenoxy) is 1. The molecular weight excluding hydrogens is 579 g/mol. The number of halogens is 2. The summed E-state index contributed by atoms with van der Waals surface area (Å²) in [6.07, 6.45) is 7.63. The minimum absolute atomic E-state index is 0.163. The Balaban J connectivity index is 1.66. The number of esters is 1. The van der Waals surface area contributed by atoms with E-state index in [2.05, 4.69) is 10.6 Å². The average Bonchev–Trinajstić information content (AvgIpc) is 3.36. The molecule has 7 nitrogen and oxygen atoms in total. The van der Waals surface area contributed by atoms with Crippen molar-refractivity contribution in [1.29, 1.82) is 0 Å². The molecule has 1 aliphatic carbocycles. The van der Waals surface area contributed by atoms with Gasteiger partial charge >= 0.3 is 5.97 Å². The molecule has 0 aromatic heterocycles. The van der Waals surface area contributed by atoms with Crippen LogP contribution in [0.1, 0.15) is 60.9 Å². The Morgan fingerprint density at radius 2 is 1.67 bits per heavy atom. The SMILES string of the molecule is COC(=O)[C@H](Cc1ccc(NC(=O)c2c(Cl)cccc2Cl)cc1)NC(=S)C1(CCCCS(C)(=O)=O)CCCC1. The molecule has 3 rings (SSSR count). The first-order valence-corrected chi connectivity index (χ1v) is 16.1. The Hall–Kier alpha value is -2.20. The fraction of sp³-hybridized carbons (Fsp3) is 0.464. The van der Waals surface area contributed by atoms with E-state index in [0.29, 0.717) is 23.5 Å². The summed E-state index contributed by atoms with van der Waals surface area (Å²) in [4.78, 5) is 26.0. The number of sulfone groups is 1. The zero-order valence-corrected chi connectivity index (χ0v) is 25.2. The maximum absolute atomic E-state index is 12.7. The van der Waals surface area contributed by atoms with Crippen molar-refractivity contribution >= 4 is 67.8 Å². The molecule has 0 bridgehead atoms. The van der Waals surface area contributed by atoms with Gasteiger partial charge in [0, 0.05) is 29.5 Å². The highest BCUT2D eigenvalue weighted by Gasteiger charge is 2.39. The number of nitrogens with one attached hydrogen (secondary N) is 2. The zero-order chi connectivity index (χ0) is 28.6. The lowest BCUT2D eigenvalue weighted by Crippen LogP contribution is -2.48. The standard InChI is InChI=1S/C28H34Cl2N2O5S2/c1-37-26(34)23(32-27(38)28(14-3-4-15-28)16-5-6-17-39(2,35)36)18-19-10-12-20(13-11-19)31-25(33)24-21(29)8-7-9-22(24)30/h7-13,23H,3-6,14-18H2,1-2H3,(H,31,33)(H,32,38)/t23-/m0/s1. The summed E-state index contributed by atoms with van der Waals surface area (Å²) in [7, 11) is -1.66.